The van der Waals surface area contributed by atoms with Crippen LogP contribution < -0.4 is 0 Å². The van der Waals surface area contributed by atoms with Crippen LogP contribution in [0, 0.1) is 11.6 Å². The molecule has 0 saturated heterocycles. The third kappa shape index (κ3) is 2.40. The predicted octanol–water partition coefficient (Wildman–Crippen LogP) is 5.49. The van der Waals surface area contributed by atoms with Gasteiger partial charge in [0.15, 0.2) is 0 Å². The highest BCUT2D eigenvalue weighted by Crippen LogP contribution is 2.25. The number of aromatic nitrogens is 1. The number of fused-ring (bicyclic) bond motifs is 1. The van der Waals surface area contributed by atoms with E-state index in [9.17, 15) is 8.78 Å². The Morgan fingerprint density at radius 1 is 1.00 bits per heavy atom. The Morgan fingerprint density at radius 2 is 1.80 bits per heavy atom. The fraction of sp³-hybridized carbons (Fsp3) is 0.0667. The van der Waals surface area contributed by atoms with Crippen molar-refractivity contribution in [3.63, 3.8) is 0 Å². The lowest BCUT2D eigenvalue weighted by Crippen LogP contribution is -2.04. The summed E-state index contributed by atoms with van der Waals surface area (Å²) in [6.07, 6.45) is 1.83. The molecule has 3 aromatic rings. The zero-order valence-electron chi connectivity index (χ0n) is 10.2. The first-order chi connectivity index (χ1) is 9.56. The minimum Gasteiger partial charge on any atom is -0.343 e. The molecule has 0 aliphatic heterocycles. The first-order valence-electron chi connectivity index (χ1n) is 5.93. The average Bonchev–Trinajstić information content (AvgIpc) is 2.81. The molecule has 0 N–H and O–H groups in total. The molecule has 0 bridgehead atoms. The first kappa shape index (κ1) is 13.8. The Kier molecular flexibility index (Phi) is 3.65. The van der Waals surface area contributed by atoms with Crippen molar-refractivity contribution in [2.45, 2.75) is 6.54 Å². The van der Waals surface area contributed by atoms with Crippen molar-refractivity contribution < 1.29 is 8.78 Å². The zero-order chi connectivity index (χ0) is 14.3. The minimum absolute atomic E-state index is 0.0526. The number of hydrogen-bond donors (Lipinski definition) is 0. The van der Waals surface area contributed by atoms with Crippen LogP contribution in [-0.4, -0.2) is 4.57 Å². The summed E-state index contributed by atoms with van der Waals surface area (Å²) in [5.74, 6) is -1.09. The summed E-state index contributed by atoms with van der Waals surface area (Å²) in [4.78, 5) is 0. The van der Waals surface area contributed by atoms with Gasteiger partial charge in [-0.15, -0.1) is 0 Å². The first-order valence-corrected chi connectivity index (χ1v) is 7.51. The van der Waals surface area contributed by atoms with E-state index in [2.05, 4.69) is 31.9 Å². The third-order valence-electron chi connectivity index (χ3n) is 3.20. The van der Waals surface area contributed by atoms with E-state index in [4.69, 9.17) is 0 Å². The summed E-state index contributed by atoms with van der Waals surface area (Å²) in [6.45, 7) is 0.150. The predicted molar refractivity (Wildman–Crippen MR) is 82.8 cm³/mol. The molecule has 102 valence electrons. The summed E-state index contributed by atoms with van der Waals surface area (Å²) < 4.78 is 30.9. The lowest BCUT2D eigenvalue weighted by Gasteiger charge is -2.09. The number of halogens is 4. The number of benzene rings is 2. The van der Waals surface area contributed by atoms with E-state index in [1.807, 2.05) is 35.0 Å². The second-order valence-electron chi connectivity index (χ2n) is 4.47. The van der Waals surface area contributed by atoms with Crippen molar-refractivity contribution in [2.75, 3.05) is 0 Å². The smallest absolute Gasteiger partial charge is 0.145 e. The summed E-state index contributed by atoms with van der Waals surface area (Å²) in [7, 11) is 0. The summed E-state index contributed by atoms with van der Waals surface area (Å²) in [5.41, 5.74) is 0.981. The van der Waals surface area contributed by atoms with Crippen LogP contribution in [0.25, 0.3) is 10.9 Å². The van der Waals surface area contributed by atoms with E-state index >= 15 is 0 Å². The maximum atomic E-state index is 14.0. The van der Waals surface area contributed by atoms with Crippen LogP contribution in [0.1, 0.15) is 5.56 Å². The lowest BCUT2D eigenvalue weighted by molar-refractivity contribution is 0.543. The van der Waals surface area contributed by atoms with Gasteiger partial charge in [-0.05, 0) is 51.6 Å². The molecule has 20 heavy (non-hydrogen) atoms. The van der Waals surface area contributed by atoms with E-state index in [1.54, 1.807) is 0 Å². The van der Waals surface area contributed by atoms with Crippen molar-refractivity contribution >= 4 is 42.8 Å². The fourth-order valence-corrected chi connectivity index (χ4v) is 2.90. The Labute approximate surface area is 131 Å². The van der Waals surface area contributed by atoms with Crippen LogP contribution >= 0.6 is 31.9 Å². The van der Waals surface area contributed by atoms with Gasteiger partial charge in [-0.25, -0.2) is 8.78 Å². The Balaban J connectivity index is 2.10. The van der Waals surface area contributed by atoms with Crippen LogP contribution in [0.5, 0.6) is 0 Å². The highest BCUT2D eigenvalue weighted by atomic mass is 79.9. The normalized spacial score (nSPS) is 11.2. The van der Waals surface area contributed by atoms with Gasteiger partial charge < -0.3 is 4.57 Å². The molecule has 3 rings (SSSR count). The number of hydrogen-bond acceptors (Lipinski definition) is 0. The van der Waals surface area contributed by atoms with Crippen molar-refractivity contribution in [2.24, 2.45) is 0 Å². The van der Waals surface area contributed by atoms with Gasteiger partial charge in [-0.3, -0.25) is 0 Å². The number of nitrogens with zero attached hydrogens (tertiary/aromatic N) is 1. The van der Waals surface area contributed by atoms with E-state index < -0.39 is 11.6 Å². The lowest BCUT2D eigenvalue weighted by atomic mass is 10.2. The van der Waals surface area contributed by atoms with E-state index in [0.29, 0.717) is 0 Å². The molecule has 0 fully saturated rings. The topological polar surface area (TPSA) is 4.93 Å². The van der Waals surface area contributed by atoms with Gasteiger partial charge in [0.2, 0.25) is 0 Å². The van der Waals surface area contributed by atoms with Gasteiger partial charge in [0.25, 0.3) is 0 Å². The SMILES string of the molecule is Fc1ccc(Br)c(F)c1Cn1ccc2ccc(Br)cc21. The van der Waals surface area contributed by atoms with E-state index in [1.165, 1.54) is 12.1 Å². The molecule has 1 nitrogen and oxygen atoms in total. The summed E-state index contributed by atoms with van der Waals surface area (Å²) >= 11 is 6.50. The van der Waals surface area contributed by atoms with Crippen molar-refractivity contribution in [1.29, 1.82) is 0 Å². The zero-order valence-corrected chi connectivity index (χ0v) is 13.4. The van der Waals surface area contributed by atoms with Crippen LogP contribution in [-0.2, 0) is 6.54 Å². The number of rotatable bonds is 2. The molecule has 0 spiro atoms. The van der Waals surface area contributed by atoms with Crippen LogP contribution in [0.15, 0.2) is 51.5 Å². The van der Waals surface area contributed by atoms with Gasteiger partial charge in [0.05, 0.1) is 11.0 Å². The quantitative estimate of drug-likeness (QED) is 0.501. The molecule has 0 aliphatic carbocycles. The standard InChI is InChI=1S/C15H9Br2F2N/c16-10-2-1-9-5-6-20(14(9)7-10)8-11-13(18)4-3-12(17)15(11)19/h1-7H,8H2. The summed E-state index contributed by atoms with van der Waals surface area (Å²) in [6, 6.07) is 10.4. The molecule has 1 aromatic heterocycles. The van der Waals surface area contributed by atoms with Gasteiger partial charge >= 0.3 is 0 Å². The molecular weight excluding hydrogens is 392 g/mol. The Morgan fingerprint density at radius 3 is 2.60 bits per heavy atom. The average molecular weight is 401 g/mol. The molecule has 0 saturated carbocycles. The highest BCUT2D eigenvalue weighted by Gasteiger charge is 2.13. The second kappa shape index (κ2) is 5.30. The molecule has 0 aliphatic rings. The molecule has 0 radical (unpaired) electrons. The van der Waals surface area contributed by atoms with E-state index in [0.717, 1.165) is 15.4 Å². The van der Waals surface area contributed by atoms with Crippen molar-refractivity contribution in [3.8, 4) is 0 Å². The van der Waals surface area contributed by atoms with Gasteiger partial charge in [-0.2, -0.15) is 0 Å². The summed E-state index contributed by atoms with van der Waals surface area (Å²) in [5, 5.41) is 1.03. The second-order valence-corrected chi connectivity index (χ2v) is 6.24. The Bertz CT molecular complexity index is 796. The molecule has 0 amide bonds. The van der Waals surface area contributed by atoms with Gasteiger partial charge in [-0.1, -0.05) is 22.0 Å². The van der Waals surface area contributed by atoms with E-state index in [-0.39, 0.29) is 16.6 Å². The molecule has 0 unspecified atom stereocenters. The maximum absolute atomic E-state index is 14.0. The maximum Gasteiger partial charge on any atom is 0.145 e. The molecule has 1 heterocycles. The van der Waals surface area contributed by atoms with Crippen LogP contribution in [0.2, 0.25) is 0 Å². The monoisotopic (exact) mass is 399 g/mol. The molecule has 0 atom stereocenters. The van der Waals surface area contributed by atoms with Gasteiger partial charge in [0.1, 0.15) is 11.6 Å². The minimum atomic E-state index is -0.554. The van der Waals surface area contributed by atoms with Gasteiger partial charge in [0, 0.05) is 21.7 Å². The third-order valence-corrected chi connectivity index (χ3v) is 4.31. The molecular formula is C15H9Br2F2N. The Hall–Kier alpha value is -1.20. The largest absolute Gasteiger partial charge is 0.343 e. The van der Waals surface area contributed by atoms with Crippen LogP contribution in [0.3, 0.4) is 0 Å². The highest BCUT2D eigenvalue weighted by molar-refractivity contribution is 9.10. The molecule has 2 aromatic carbocycles. The fourth-order valence-electron chi connectivity index (χ4n) is 2.18. The van der Waals surface area contributed by atoms with Crippen molar-refractivity contribution in [1.82, 2.24) is 4.57 Å². The van der Waals surface area contributed by atoms with Crippen LogP contribution in [0.4, 0.5) is 8.78 Å². The molecule has 5 heteroatoms. The van der Waals surface area contributed by atoms with Crippen molar-refractivity contribution in [3.05, 3.63) is 68.7 Å².